The summed E-state index contributed by atoms with van der Waals surface area (Å²) in [5, 5.41) is 5.55. The second-order valence-corrected chi connectivity index (χ2v) is 10.8. The number of nitrogens with zero attached hydrogens (tertiary/aromatic N) is 1. The molecule has 0 bridgehead atoms. The lowest BCUT2D eigenvalue weighted by atomic mass is 10.0. The molecule has 12 heteroatoms. The normalized spacial score (nSPS) is 19.6. The summed E-state index contributed by atoms with van der Waals surface area (Å²) < 4.78 is 23.0. The van der Waals surface area contributed by atoms with Crippen LogP contribution in [0.5, 0.6) is 17.2 Å². The first-order chi connectivity index (χ1) is 20.8. The number of carbonyl (C=O) groups is 4. The molecular weight excluding hydrogens is 578 g/mol. The number of ether oxygens (including phenoxy) is 4. The Bertz CT molecular complexity index is 1570. The van der Waals surface area contributed by atoms with E-state index in [1.54, 1.807) is 60.7 Å². The molecule has 0 saturated carbocycles. The third kappa shape index (κ3) is 6.42. The lowest BCUT2D eigenvalue weighted by Gasteiger charge is -2.29. The van der Waals surface area contributed by atoms with Crippen molar-refractivity contribution in [3.8, 4) is 17.2 Å². The first kappa shape index (κ1) is 28.5. The third-order valence-corrected chi connectivity index (χ3v) is 7.63. The van der Waals surface area contributed by atoms with Crippen LogP contribution in [-0.4, -0.2) is 54.1 Å². The summed E-state index contributed by atoms with van der Waals surface area (Å²) in [6, 6.07) is 16.5. The molecule has 2 N–H and O–H groups in total. The van der Waals surface area contributed by atoms with Gasteiger partial charge in [0.25, 0.3) is 5.91 Å². The first-order valence-electron chi connectivity index (χ1n) is 13.8. The fourth-order valence-electron chi connectivity index (χ4n) is 5.25. The Labute approximate surface area is 252 Å². The van der Waals surface area contributed by atoms with Gasteiger partial charge in [-0.05, 0) is 54.4 Å². The van der Waals surface area contributed by atoms with E-state index in [4.69, 9.17) is 30.5 Å². The maximum absolute atomic E-state index is 13.6. The minimum absolute atomic E-state index is 0.158. The van der Waals surface area contributed by atoms with Crippen molar-refractivity contribution >= 4 is 41.1 Å². The van der Waals surface area contributed by atoms with Crippen molar-refractivity contribution in [2.75, 3.05) is 18.5 Å². The van der Waals surface area contributed by atoms with Crippen LogP contribution in [0, 0.1) is 0 Å². The molecule has 3 aromatic carbocycles. The molecule has 43 heavy (non-hydrogen) atoms. The molecule has 11 nitrogen and oxygen atoms in total. The molecule has 1 unspecified atom stereocenters. The van der Waals surface area contributed by atoms with Crippen LogP contribution < -0.4 is 20.1 Å². The average molecular weight is 606 g/mol. The van der Waals surface area contributed by atoms with Crippen LogP contribution in [0.15, 0.2) is 60.7 Å². The second-order valence-electron chi connectivity index (χ2n) is 10.4. The number of benzene rings is 3. The molecule has 2 saturated heterocycles. The molecule has 3 aromatic rings. The van der Waals surface area contributed by atoms with E-state index in [1.165, 1.54) is 4.90 Å². The van der Waals surface area contributed by atoms with Gasteiger partial charge in [-0.25, -0.2) is 4.79 Å². The Kier molecular flexibility index (Phi) is 8.17. The number of fused-ring (bicyclic) bond motifs is 1. The zero-order chi connectivity index (χ0) is 29.9. The van der Waals surface area contributed by atoms with E-state index < -0.39 is 18.0 Å². The average Bonchev–Trinajstić information content (AvgIpc) is 3.61. The molecule has 3 aliphatic rings. The zero-order valence-electron chi connectivity index (χ0n) is 23.0. The number of carbonyl (C=O) groups excluding carboxylic acids is 4. The van der Waals surface area contributed by atoms with E-state index in [1.807, 2.05) is 0 Å². The standard InChI is InChI=1S/C31H28ClN3O8/c32-20-2-1-3-23(14-20)42-22-8-6-21(7-9-22)33-31(39)41-16-19-5-4-18-15-35(25-10-11-26(36)34-29(25)37)30(38)27(18)28(19)43-24-12-13-40-17-24/h1-9,14,24-25H,10-13,15-17H2,(H,33,39)(H,34,36,37)/t24-,25?/m1/s1. The highest BCUT2D eigenvalue weighted by Gasteiger charge is 2.41. The Morgan fingerprint density at radius 1 is 1.05 bits per heavy atom. The molecule has 222 valence electrons. The Hall–Kier alpha value is -4.61. The summed E-state index contributed by atoms with van der Waals surface area (Å²) in [7, 11) is 0. The predicted octanol–water partition coefficient (Wildman–Crippen LogP) is 4.81. The number of rotatable bonds is 8. The summed E-state index contributed by atoms with van der Waals surface area (Å²) >= 11 is 6.00. The molecule has 2 fully saturated rings. The Balaban J connectivity index is 1.14. The predicted molar refractivity (Wildman–Crippen MR) is 154 cm³/mol. The highest BCUT2D eigenvalue weighted by Crippen LogP contribution is 2.38. The van der Waals surface area contributed by atoms with Crippen molar-refractivity contribution in [1.82, 2.24) is 10.2 Å². The van der Waals surface area contributed by atoms with Gasteiger partial charge in [0.05, 0.1) is 18.8 Å². The lowest BCUT2D eigenvalue weighted by molar-refractivity contribution is -0.136. The Morgan fingerprint density at radius 2 is 1.88 bits per heavy atom. The van der Waals surface area contributed by atoms with E-state index in [2.05, 4.69) is 10.6 Å². The minimum Gasteiger partial charge on any atom is -0.487 e. The molecule has 3 heterocycles. The summed E-state index contributed by atoms with van der Waals surface area (Å²) in [5.74, 6) is 0.243. The van der Waals surface area contributed by atoms with E-state index in [9.17, 15) is 19.2 Å². The number of anilines is 1. The van der Waals surface area contributed by atoms with Gasteiger partial charge < -0.3 is 23.8 Å². The fraction of sp³-hybridized carbons (Fsp3) is 0.290. The summed E-state index contributed by atoms with van der Waals surface area (Å²) in [6.45, 7) is 0.944. The fourth-order valence-corrected chi connectivity index (χ4v) is 5.43. The lowest BCUT2D eigenvalue weighted by Crippen LogP contribution is -2.52. The maximum atomic E-state index is 13.6. The number of nitrogens with one attached hydrogen (secondary N) is 2. The van der Waals surface area contributed by atoms with Crippen LogP contribution >= 0.6 is 11.6 Å². The van der Waals surface area contributed by atoms with Crippen LogP contribution in [0.25, 0.3) is 0 Å². The van der Waals surface area contributed by atoms with Crippen molar-refractivity contribution in [2.45, 2.75) is 44.6 Å². The molecule has 4 amide bonds. The van der Waals surface area contributed by atoms with Crippen LogP contribution in [0.4, 0.5) is 10.5 Å². The maximum Gasteiger partial charge on any atom is 0.411 e. The highest BCUT2D eigenvalue weighted by molar-refractivity contribution is 6.30. The van der Waals surface area contributed by atoms with E-state index in [0.717, 1.165) is 0 Å². The van der Waals surface area contributed by atoms with Crippen molar-refractivity contribution < 1.29 is 38.1 Å². The molecule has 0 spiro atoms. The smallest absolute Gasteiger partial charge is 0.411 e. The second kappa shape index (κ2) is 12.3. The van der Waals surface area contributed by atoms with Gasteiger partial charge >= 0.3 is 6.09 Å². The third-order valence-electron chi connectivity index (χ3n) is 7.39. The molecule has 0 radical (unpaired) electrons. The van der Waals surface area contributed by atoms with Gasteiger partial charge in [0.15, 0.2) is 0 Å². The summed E-state index contributed by atoms with van der Waals surface area (Å²) in [4.78, 5) is 51.9. The van der Waals surface area contributed by atoms with Gasteiger partial charge in [-0.3, -0.25) is 25.0 Å². The summed E-state index contributed by atoms with van der Waals surface area (Å²) in [6.07, 6.45) is 0.0818. The van der Waals surface area contributed by atoms with Gasteiger partial charge in [0.1, 0.15) is 36.0 Å². The largest absolute Gasteiger partial charge is 0.487 e. The number of halogens is 1. The minimum atomic E-state index is -0.756. The molecule has 0 aliphatic carbocycles. The molecular formula is C31H28ClN3O8. The van der Waals surface area contributed by atoms with Crippen molar-refractivity contribution in [1.29, 1.82) is 0 Å². The van der Waals surface area contributed by atoms with Gasteiger partial charge in [-0.1, -0.05) is 29.8 Å². The number of imide groups is 1. The number of piperidine rings is 1. The molecule has 0 aromatic heterocycles. The monoisotopic (exact) mass is 605 g/mol. The van der Waals surface area contributed by atoms with E-state index in [0.29, 0.717) is 64.3 Å². The van der Waals surface area contributed by atoms with E-state index in [-0.39, 0.29) is 43.9 Å². The van der Waals surface area contributed by atoms with Gasteiger partial charge in [0.2, 0.25) is 11.8 Å². The molecule has 2 atom stereocenters. The van der Waals surface area contributed by atoms with Gasteiger partial charge in [0, 0.05) is 35.7 Å². The highest BCUT2D eigenvalue weighted by atomic mass is 35.5. The van der Waals surface area contributed by atoms with Crippen LogP contribution in [0.1, 0.15) is 40.7 Å². The number of hydrogen-bond acceptors (Lipinski definition) is 8. The van der Waals surface area contributed by atoms with Crippen LogP contribution in [0.3, 0.4) is 0 Å². The number of amides is 4. The van der Waals surface area contributed by atoms with Crippen molar-refractivity contribution in [3.05, 3.63) is 82.4 Å². The van der Waals surface area contributed by atoms with E-state index >= 15 is 0 Å². The zero-order valence-corrected chi connectivity index (χ0v) is 23.7. The van der Waals surface area contributed by atoms with Gasteiger partial charge in [-0.2, -0.15) is 0 Å². The van der Waals surface area contributed by atoms with Crippen molar-refractivity contribution in [3.63, 3.8) is 0 Å². The van der Waals surface area contributed by atoms with Crippen LogP contribution in [-0.2, 0) is 32.2 Å². The topological polar surface area (TPSA) is 132 Å². The quantitative estimate of drug-likeness (QED) is 0.350. The Morgan fingerprint density at radius 3 is 2.63 bits per heavy atom. The van der Waals surface area contributed by atoms with Gasteiger partial charge in [-0.15, -0.1) is 0 Å². The van der Waals surface area contributed by atoms with Crippen LogP contribution in [0.2, 0.25) is 5.02 Å². The van der Waals surface area contributed by atoms with Crippen molar-refractivity contribution in [2.24, 2.45) is 0 Å². The molecule has 6 rings (SSSR count). The summed E-state index contributed by atoms with van der Waals surface area (Å²) in [5.41, 5.74) is 2.02. The first-order valence-corrected chi connectivity index (χ1v) is 14.2. The molecule has 3 aliphatic heterocycles. The SMILES string of the molecule is O=C1CCC(N2Cc3ccc(COC(=O)Nc4ccc(Oc5cccc(Cl)c5)cc4)c(O[C@@H]4CCOC4)c3C2=O)C(=O)N1. The number of hydrogen-bond donors (Lipinski definition) is 2.